The zero-order valence-electron chi connectivity index (χ0n) is 18.4. The molecule has 0 unspecified atom stereocenters. The van der Waals surface area contributed by atoms with Crippen LogP contribution in [0.1, 0.15) is 11.1 Å². The fourth-order valence-electron chi connectivity index (χ4n) is 4.51. The van der Waals surface area contributed by atoms with Crippen molar-refractivity contribution in [2.45, 2.75) is 6.92 Å². The summed E-state index contributed by atoms with van der Waals surface area (Å²) < 4.78 is 13.5. The van der Waals surface area contributed by atoms with Gasteiger partial charge in [0.1, 0.15) is 11.5 Å². The molecule has 5 rings (SSSR count). The number of halogens is 1. The van der Waals surface area contributed by atoms with Crippen LogP contribution in [-0.2, 0) is 9.59 Å². The van der Waals surface area contributed by atoms with Crippen LogP contribution in [0, 0.1) is 12.7 Å². The second-order valence-corrected chi connectivity index (χ2v) is 8.32. The number of piperazine rings is 1. The van der Waals surface area contributed by atoms with Crippen LogP contribution in [-0.4, -0.2) is 42.9 Å². The monoisotopic (exact) mass is 441 g/mol. The molecule has 5 nitrogen and oxygen atoms in total. The molecule has 2 heterocycles. The summed E-state index contributed by atoms with van der Waals surface area (Å²) in [5.74, 6) is -1.16. The number of hydrogen-bond acceptors (Lipinski definition) is 4. The van der Waals surface area contributed by atoms with E-state index in [9.17, 15) is 14.0 Å². The van der Waals surface area contributed by atoms with E-state index < -0.39 is 5.82 Å². The number of carbonyl (C=O) groups excluding carboxylic acids is 2. The first-order chi connectivity index (χ1) is 16.0. The molecule has 0 N–H and O–H groups in total. The summed E-state index contributed by atoms with van der Waals surface area (Å²) in [6, 6.07) is 23.1. The van der Waals surface area contributed by atoms with Crippen molar-refractivity contribution in [2.75, 3.05) is 36.0 Å². The maximum atomic E-state index is 13.6. The van der Waals surface area contributed by atoms with Gasteiger partial charge in [0.05, 0.1) is 11.3 Å². The van der Waals surface area contributed by atoms with Crippen molar-refractivity contribution in [1.82, 2.24) is 4.90 Å². The molecule has 1 fully saturated rings. The number of hydrogen-bond donors (Lipinski definition) is 0. The molecular formula is C27H24FN3O2. The van der Waals surface area contributed by atoms with E-state index in [0.717, 1.165) is 23.7 Å². The van der Waals surface area contributed by atoms with Crippen molar-refractivity contribution in [3.8, 4) is 0 Å². The van der Waals surface area contributed by atoms with Gasteiger partial charge >= 0.3 is 0 Å². The van der Waals surface area contributed by atoms with Crippen LogP contribution in [0.3, 0.4) is 0 Å². The van der Waals surface area contributed by atoms with E-state index in [-0.39, 0.29) is 11.8 Å². The number of amides is 2. The molecule has 0 radical (unpaired) electrons. The van der Waals surface area contributed by atoms with Crippen LogP contribution in [0.2, 0.25) is 0 Å². The van der Waals surface area contributed by atoms with Gasteiger partial charge in [0.15, 0.2) is 0 Å². The smallest absolute Gasteiger partial charge is 0.282 e. The highest BCUT2D eigenvalue weighted by Crippen LogP contribution is 2.35. The van der Waals surface area contributed by atoms with Gasteiger partial charge < -0.3 is 9.80 Å². The van der Waals surface area contributed by atoms with E-state index in [4.69, 9.17) is 0 Å². The molecule has 1 saturated heterocycles. The van der Waals surface area contributed by atoms with Crippen LogP contribution in [0.15, 0.2) is 84.6 Å². The highest BCUT2D eigenvalue weighted by atomic mass is 19.1. The standard InChI is InChI=1S/C27H24FN3O2/c1-19-6-5-9-23(18-19)29-14-16-30(17-15-29)25-24(20-7-3-2-4-8-20)26(32)31(27(25)33)22-12-10-21(28)11-13-22/h2-13,18H,14-17H2,1H3. The van der Waals surface area contributed by atoms with Gasteiger partial charge in [0.2, 0.25) is 0 Å². The Morgan fingerprint density at radius 2 is 1.36 bits per heavy atom. The van der Waals surface area contributed by atoms with E-state index in [1.54, 1.807) is 0 Å². The fourth-order valence-corrected chi connectivity index (χ4v) is 4.51. The number of rotatable bonds is 4. The van der Waals surface area contributed by atoms with E-state index >= 15 is 0 Å². The molecular weight excluding hydrogens is 417 g/mol. The molecule has 2 aliphatic rings. The highest BCUT2D eigenvalue weighted by Gasteiger charge is 2.43. The lowest BCUT2D eigenvalue weighted by Crippen LogP contribution is -2.47. The number of nitrogens with zero attached hydrogens (tertiary/aromatic N) is 3. The molecule has 0 bridgehead atoms. The SMILES string of the molecule is Cc1cccc(N2CCN(C3=C(c4ccccc4)C(=O)N(c4ccc(F)cc4)C3=O)CC2)c1. The molecule has 166 valence electrons. The molecule has 2 amide bonds. The molecule has 2 aliphatic heterocycles. The average molecular weight is 442 g/mol. The van der Waals surface area contributed by atoms with Gasteiger partial charge in [-0.05, 0) is 54.4 Å². The van der Waals surface area contributed by atoms with E-state index in [1.165, 1.54) is 29.8 Å². The predicted molar refractivity (Wildman–Crippen MR) is 127 cm³/mol. The van der Waals surface area contributed by atoms with Gasteiger partial charge in [-0.3, -0.25) is 9.59 Å². The molecule has 0 saturated carbocycles. The summed E-state index contributed by atoms with van der Waals surface area (Å²) in [6.45, 7) is 4.80. The van der Waals surface area contributed by atoms with E-state index in [2.05, 4.69) is 30.0 Å². The van der Waals surface area contributed by atoms with E-state index in [1.807, 2.05) is 41.3 Å². The van der Waals surface area contributed by atoms with Crippen LogP contribution in [0.4, 0.5) is 15.8 Å². The molecule has 33 heavy (non-hydrogen) atoms. The number of imide groups is 1. The largest absolute Gasteiger partial charge is 0.368 e. The fraction of sp³-hybridized carbons (Fsp3) is 0.185. The van der Waals surface area contributed by atoms with Gasteiger partial charge in [-0.1, -0.05) is 42.5 Å². The third-order valence-electron chi connectivity index (χ3n) is 6.17. The van der Waals surface area contributed by atoms with Gasteiger partial charge in [0, 0.05) is 31.9 Å². The maximum Gasteiger partial charge on any atom is 0.282 e. The number of carbonyl (C=O) groups is 2. The van der Waals surface area contributed by atoms with Crippen molar-refractivity contribution in [3.05, 3.63) is 102 Å². The van der Waals surface area contributed by atoms with Gasteiger partial charge in [-0.25, -0.2) is 9.29 Å². The van der Waals surface area contributed by atoms with Gasteiger partial charge in [0.25, 0.3) is 11.8 Å². The van der Waals surface area contributed by atoms with Crippen molar-refractivity contribution >= 4 is 28.8 Å². The molecule has 3 aromatic carbocycles. The lowest BCUT2D eigenvalue weighted by Gasteiger charge is -2.37. The topological polar surface area (TPSA) is 43.9 Å². The summed E-state index contributed by atoms with van der Waals surface area (Å²) >= 11 is 0. The normalized spacial score (nSPS) is 16.7. The number of anilines is 2. The van der Waals surface area contributed by atoms with Crippen LogP contribution >= 0.6 is 0 Å². The number of benzene rings is 3. The van der Waals surface area contributed by atoms with Crippen LogP contribution in [0.25, 0.3) is 5.57 Å². The van der Waals surface area contributed by atoms with Gasteiger partial charge in [-0.15, -0.1) is 0 Å². The Balaban J connectivity index is 1.48. The Bertz CT molecular complexity index is 1230. The zero-order valence-corrected chi connectivity index (χ0v) is 18.4. The summed E-state index contributed by atoms with van der Waals surface area (Å²) in [7, 11) is 0. The molecule has 0 aliphatic carbocycles. The minimum Gasteiger partial charge on any atom is -0.368 e. The lowest BCUT2D eigenvalue weighted by atomic mass is 10.0. The molecule has 0 atom stereocenters. The number of aryl methyl sites for hydroxylation is 1. The Morgan fingerprint density at radius 3 is 2.03 bits per heavy atom. The molecule has 3 aromatic rings. The zero-order chi connectivity index (χ0) is 22.9. The van der Waals surface area contributed by atoms with Crippen LogP contribution < -0.4 is 9.80 Å². The average Bonchev–Trinajstić information content (AvgIpc) is 3.10. The first kappa shape index (κ1) is 20.9. The third-order valence-corrected chi connectivity index (χ3v) is 6.17. The highest BCUT2D eigenvalue weighted by molar-refractivity contribution is 6.45. The Labute approximate surface area is 192 Å². The van der Waals surface area contributed by atoms with E-state index in [0.29, 0.717) is 35.6 Å². The predicted octanol–water partition coefficient (Wildman–Crippen LogP) is 4.24. The maximum absolute atomic E-state index is 13.6. The second kappa shape index (κ2) is 8.54. The quantitative estimate of drug-likeness (QED) is 0.568. The first-order valence-electron chi connectivity index (χ1n) is 11.0. The minimum absolute atomic E-state index is 0.366. The van der Waals surface area contributed by atoms with Crippen molar-refractivity contribution in [2.24, 2.45) is 0 Å². The third kappa shape index (κ3) is 3.89. The van der Waals surface area contributed by atoms with Crippen molar-refractivity contribution < 1.29 is 14.0 Å². The summed E-state index contributed by atoms with van der Waals surface area (Å²) in [4.78, 5) is 32.5. The lowest BCUT2D eigenvalue weighted by molar-refractivity contribution is -0.120. The Morgan fingerprint density at radius 1 is 0.697 bits per heavy atom. The molecule has 0 spiro atoms. The van der Waals surface area contributed by atoms with Crippen molar-refractivity contribution in [1.29, 1.82) is 0 Å². The second-order valence-electron chi connectivity index (χ2n) is 8.32. The molecule has 0 aromatic heterocycles. The Kier molecular flexibility index (Phi) is 5.42. The summed E-state index contributed by atoms with van der Waals surface area (Å²) in [6.07, 6.45) is 0. The molecule has 6 heteroatoms. The van der Waals surface area contributed by atoms with Gasteiger partial charge in [-0.2, -0.15) is 0 Å². The Hall–Kier alpha value is -3.93. The van der Waals surface area contributed by atoms with Crippen molar-refractivity contribution in [3.63, 3.8) is 0 Å². The first-order valence-corrected chi connectivity index (χ1v) is 11.0. The van der Waals surface area contributed by atoms with Crippen LogP contribution in [0.5, 0.6) is 0 Å². The summed E-state index contributed by atoms with van der Waals surface area (Å²) in [5, 5.41) is 0. The summed E-state index contributed by atoms with van der Waals surface area (Å²) in [5.41, 5.74) is 4.25. The minimum atomic E-state index is -0.415.